The van der Waals surface area contributed by atoms with Crippen molar-refractivity contribution in [3.8, 4) is 0 Å². The lowest BCUT2D eigenvalue weighted by molar-refractivity contribution is 0.237. The molecule has 0 aliphatic heterocycles. The number of hydrogen-bond donors (Lipinski definition) is 2. The minimum Gasteiger partial charge on any atom is -0.290 e. The van der Waals surface area contributed by atoms with E-state index in [0.29, 0.717) is 5.69 Å². The molecule has 0 radical (unpaired) electrons. The Hall–Kier alpha value is -0.520. The van der Waals surface area contributed by atoms with Gasteiger partial charge in [-0.1, -0.05) is 12.2 Å². The van der Waals surface area contributed by atoms with Gasteiger partial charge in [0.1, 0.15) is 10.7 Å². The molecule has 0 spiro atoms. The molecule has 0 bridgehead atoms. The number of hydroxylamine groups is 1. The summed E-state index contributed by atoms with van der Waals surface area (Å²) >= 11 is 6.09. The van der Waals surface area contributed by atoms with Crippen LogP contribution in [0.2, 0.25) is 0 Å². The molecule has 3 nitrogen and oxygen atoms in total. The summed E-state index contributed by atoms with van der Waals surface area (Å²) in [7, 11) is 0. The standard InChI is InChI=1S/C4H4N2OS2/c7-6-4(8)3-1-9-2-5-3/h1-2,7H,(H,6,8). The lowest BCUT2D eigenvalue weighted by Gasteiger charge is -1.92. The Morgan fingerprint density at radius 2 is 2.67 bits per heavy atom. The predicted octanol–water partition coefficient (Wildman–Crippen LogP) is 0.797. The molecule has 0 aliphatic rings. The SMILES string of the molecule is ONC(=S)c1cscn1. The van der Waals surface area contributed by atoms with Crippen molar-refractivity contribution in [2.75, 3.05) is 0 Å². The van der Waals surface area contributed by atoms with Crippen LogP contribution in [0.3, 0.4) is 0 Å². The highest BCUT2D eigenvalue weighted by molar-refractivity contribution is 7.80. The average Bonchev–Trinajstić information content (AvgIpc) is 2.37. The average molecular weight is 160 g/mol. The molecule has 0 aromatic carbocycles. The molecule has 1 aromatic rings. The van der Waals surface area contributed by atoms with Gasteiger partial charge in [0.2, 0.25) is 0 Å². The second kappa shape index (κ2) is 2.86. The van der Waals surface area contributed by atoms with Crippen LogP contribution in [-0.2, 0) is 0 Å². The lowest BCUT2D eigenvalue weighted by Crippen LogP contribution is -2.17. The van der Waals surface area contributed by atoms with Crippen molar-refractivity contribution >= 4 is 28.5 Å². The summed E-state index contributed by atoms with van der Waals surface area (Å²) < 4.78 is 0. The van der Waals surface area contributed by atoms with Crippen LogP contribution in [0, 0.1) is 0 Å². The maximum absolute atomic E-state index is 8.28. The molecule has 48 valence electrons. The topological polar surface area (TPSA) is 45.1 Å². The van der Waals surface area contributed by atoms with E-state index in [4.69, 9.17) is 5.21 Å². The van der Waals surface area contributed by atoms with Crippen molar-refractivity contribution < 1.29 is 5.21 Å². The minimum atomic E-state index is 0.260. The van der Waals surface area contributed by atoms with E-state index in [1.54, 1.807) is 10.9 Å². The fourth-order valence-corrected chi connectivity index (χ4v) is 1.11. The molecule has 2 N–H and O–H groups in total. The third-order valence-electron chi connectivity index (χ3n) is 0.767. The molecule has 0 amide bonds. The number of aromatic nitrogens is 1. The van der Waals surface area contributed by atoms with Crippen molar-refractivity contribution in [3.63, 3.8) is 0 Å². The van der Waals surface area contributed by atoms with Crippen LogP contribution in [0.15, 0.2) is 10.9 Å². The third-order valence-corrected chi connectivity index (χ3v) is 1.65. The number of hydrogen-bond acceptors (Lipinski definition) is 4. The van der Waals surface area contributed by atoms with Gasteiger partial charge < -0.3 is 0 Å². The highest BCUT2D eigenvalue weighted by Crippen LogP contribution is 2.00. The molecule has 0 saturated carbocycles. The quantitative estimate of drug-likeness (QED) is 0.471. The Morgan fingerprint density at radius 3 is 3.11 bits per heavy atom. The zero-order valence-corrected chi connectivity index (χ0v) is 6.00. The van der Waals surface area contributed by atoms with Crippen molar-refractivity contribution in [3.05, 3.63) is 16.6 Å². The summed E-state index contributed by atoms with van der Waals surface area (Å²) in [5.41, 5.74) is 4.10. The van der Waals surface area contributed by atoms with E-state index in [9.17, 15) is 0 Å². The van der Waals surface area contributed by atoms with Gasteiger partial charge in [-0.3, -0.25) is 10.7 Å². The van der Waals surface area contributed by atoms with Crippen LogP contribution < -0.4 is 5.48 Å². The molecule has 1 aromatic heterocycles. The smallest absolute Gasteiger partial charge is 0.149 e. The van der Waals surface area contributed by atoms with Gasteiger partial charge in [0.05, 0.1) is 5.51 Å². The normalized spacial score (nSPS) is 9.00. The molecule has 1 heterocycles. The fourth-order valence-electron chi connectivity index (χ4n) is 0.382. The van der Waals surface area contributed by atoms with Gasteiger partial charge in [0, 0.05) is 5.38 Å². The Morgan fingerprint density at radius 1 is 1.89 bits per heavy atom. The zero-order valence-electron chi connectivity index (χ0n) is 4.37. The van der Waals surface area contributed by atoms with E-state index in [0.717, 1.165) is 0 Å². The Labute approximate surface area is 61.3 Å². The monoisotopic (exact) mass is 160 g/mol. The summed E-state index contributed by atoms with van der Waals surface area (Å²) in [6.45, 7) is 0. The van der Waals surface area contributed by atoms with Crippen LogP contribution in [0.1, 0.15) is 5.69 Å². The fraction of sp³-hybridized carbons (Fsp3) is 0. The number of nitrogens with zero attached hydrogens (tertiary/aromatic N) is 1. The van der Waals surface area contributed by atoms with Gasteiger partial charge in [-0.25, -0.2) is 4.98 Å². The molecular weight excluding hydrogens is 156 g/mol. The Kier molecular flexibility index (Phi) is 2.10. The van der Waals surface area contributed by atoms with E-state index in [1.165, 1.54) is 11.3 Å². The summed E-state index contributed by atoms with van der Waals surface area (Å²) in [5, 5.41) is 10.0. The van der Waals surface area contributed by atoms with Gasteiger partial charge in [-0.15, -0.1) is 11.3 Å². The number of thiazole rings is 1. The van der Waals surface area contributed by atoms with E-state index >= 15 is 0 Å². The first-order valence-corrected chi connectivity index (χ1v) is 3.52. The second-order valence-corrected chi connectivity index (χ2v) is 2.44. The summed E-state index contributed by atoms with van der Waals surface area (Å²) in [6, 6.07) is 0. The number of rotatable bonds is 1. The zero-order chi connectivity index (χ0) is 6.69. The molecule has 0 unspecified atom stereocenters. The molecule has 5 heteroatoms. The molecule has 9 heavy (non-hydrogen) atoms. The van der Waals surface area contributed by atoms with Gasteiger partial charge in [0.15, 0.2) is 0 Å². The first-order chi connectivity index (χ1) is 4.34. The molecule has 0 aliphatic carbocycles. The summed E-state index contributed by atoms with van der Waals surface area (Å²) in [6.07, 6.45) is 0. The van der Waals surface area contributed by atoms with Crippen LogP contribution in [0.4, 0.5) is 0 Å². The number of nitrogens with one attached hydrogen (secondary N) is 1. The Balaban J connectivity index is 2.77. The van der Waals surface area contributed by atoms with Crippen LogP contribution in [-0.4, -0.2) is 15.2 Å². The predicted molar refractivity (Wildman–Crippen MR) is 38.7 cm³/mol. The molecule has 0 atom stereocenters. The van der Waals surface area contributed by atoms with Crippen LogP contribution in [0.5, 0.6) is 0 Å². The van der Waals surface area contributed by atoms with Crippen LogP contribution in [0.25, 0.3) is 0 Å². The maximum atomic E-state index is 8.28. The molecule has 0 fully saturated rings. The van der Waals surface area contributed by atoms with E-state index in [2.05, 4.69) is 17.2 Å². The summed E-state index contributed by atoms with van der Waals surface area (Å²) in [4.78, 5) is 4.10. The van der Waals surface area contributed by atoms with Crippen molar-refractivity contribution in [1.29, 1.82) is 0 Å². The lowest BCUT2D eigenvalue weighted by atomic mass is 10.5. The van der Waals surface area contributed by atoms with Gasteiger partial charge >= 0.3 is 0 Å². The van der Waals surface area contributed by atoms with Gasteiger partial charge in [-0.05, 0) is 0 Å². The first-order valence-electron chi connectivity index (χ1n) is 2.17. The van der Waals surface area contributed by atoms with E-state index in [-0.39, 0.29) is 4.99 Å². The summed E-state index contributed by atoms with van der Waals surface area (Å²) in [5.74, 6) is 0. The van der Waals surface area contributed by atoms with Crippen molar-refractivity contribution in [1.82, 2.24) is 10.5 Å². The minimum absolute atomic E-state index is 0.260. The highest BCUT2D eigenvalue weighted by Gasteiger charge is 1.98. The van der Waals surface area contributed by atoms with Crippen molar-refractivity contribution in [2.45, 2.75) is 0 Å². The van der Waals surface area contributed by atoms with Gasteiger partial charge in [0.25, 0.3) is 0 Å². The molecule has 0 saturated heterocycles. The molecule has 1 rings (SSSR count). The number of thiocarbonyl (C=S) groups is 1. The second-order valence-electron chi connectivity index (χ2n) is 1.31. The third kappa shape index (κ3) is 1.44. The van der Waals surface area contributed by atoms with E-state index in [1.807, 2.05) is 5.48 Å². The van der Waals surface area contributed by atoms with Gasteiger partial charge in [-0.2, -0.15) is 0 Å². The van der Waals surface area contributed by atoms with E-state index < -0.39 is 0 Å². The van der Waals surface area contributed by atoms with Crippen LogP contribution >= 0.6 is 23.6 Å². The molecular formula is C4H4N2OS2. The first kappa shape index (κ1) is 6.60. The maximum Gasteiger partial charge on any atom is 0.149 e. The van der Waals surface area contributed by atoms with Crippen molar-refractivity contribution in [2.24, 2.45) is 0 Å². The highest BCUT2D eigenvalue weighted by atomic mass is 32.1. The Bertz CT molecular complexity index is 196. The largest absolute Gasteiger partial charge is 0.290 e.